The van der Waals surface area contributed by atoms with Crippen LogP contribution in [0.2, 0.25) is 0 Å². The van der Waals surface area contributed by atoms with Gasteiger partial charge in [-0.15, -0.1) is 0 Å². The Morgan fingerprint density at radius 1 is 1.25 bits per heavy atom. The number of aromatic nitrogens is 2. The molecule has 1 aromatic carbocycles. The fourth-order valence-electron chi connectivity index (χ4n) is 2.12. The van der Waals surface area contributed by atoms with Gasteiger partial charge in [-0.3, -0.25) is 4.68 Å². The first kappa shape index (κ1) is 15.0. The summed E-state index contributed by atoms with van der Waals surface area (Å²) in [5.74, 6) is 0. The lowest BCUT2D eigenvalue weighted by Crippen LogP contribution is -2.23. The maximum Gasteiger partial charge on any atom is 0.0841 e. The molecule has 0 unspecified atom stereocenters. The molecule has 2 rings (SSSR count). The van der Waals surface area contributed by atoms with Crippen molar-refractivity contribution in [3.05, 3.63) is 30.0 Å². The Balaban J connectivity index is 1.74. The van der Waals surface area contributed by atoms with Crippen LogP contribution in [0.15, 0.2) is 24.3 Å². The molecule has 0 saturated carbocycles. The van der Waals surface area contributed by atoms with E-state index in [4.69, 9.17) is 4.74 Å². The first-order valence-electron chi connectivity index (χ1n) is 7.02. The monoisotopic (exact) mass is 276 g/mol. The second kappa shape index (κ2) is 7.38. The fraction of sp³-hybridized carbons (Fsp3) is 0.533. The van der Waals surface area contributed by atoms with Crippen LogP contribution in [0.5, 0.6) is 0 Å². The molecule has 0 aliphatic carbocycles. The highest BCUT2D eigenvalue weighted by Crippen LogP contribution is 2.16. The predicted octanol–water partition coefficient (Wildman–Crippen LogP) is 1.24. The molecule has 20 heavy (non-hydrogen) atoms. The van der Waals surface area contributed by atoms with E-state index in [0.717, 1.165) is 38.5 Å². The quantitative estimate of drug-likeness (QED) is 0.737. The van der Waals surface area contributed by atoms with Crippen molar-refractivity contribution in [1.82, 2.24) is 20.0 Å². The lowest BCUT2D eigenvalue weighted by Gasteiger charge is -2.09. The average Bonchev–Trinajstić information content (AvgIpc) is 2.75. The molecule has 2 aromatic rings. The molecule has 0 aliphatic rings. The molecule has 1 heterocycles. The summed E-state index contributed by atoms with van der Waals surface area (Å²) in [6.07, 6.45) is 0. The molecular formula is C15H24N4O. The van der Waals surface area contributed by atoms with E-state index in [2.05, 4.69) is 33.5 Å². The molecule has 1 aromatic heterocycles. The van der Waals surface area contributed by atoms with Crippen LogP contribution >= 0.6 is 0 Å². The van der Waals surface area contributed by atoms with Gasteiger partial charge in [0.25, 0.3) is 0 Å². The van der Waals surface area contributed by atoms with Crippen molar-refractivity contribution in [2.75, 3.05) is 40.4 Å². The molecule has 0 fully saturated rings. The van der Waals surface area contributed by atoms with E-state index in [-0.39, 0.29) is 0 Å². The molecule has 110 valence electrons. The Hall–Kier alpha value is -1.43. The Kier molecular flexibility index (Phi) is 5.52. The minimum atomic E-state index is 0.735. The highest BCUT2D eigenvalue weighted by Gasteiger charge is 2.06. The second-order valence-electron chi connectivity index (χ2n) is 5.18. The SMILES string of the molecule is CN(C)CCOCCNCc1nn(C)c2ccccc12. The number of benzene rings is 1. The van der Waals surface area contributed by atoms with E-state index >= 15 is 0 Å². The predicted molar refractivity (Wildman–Crippen MR) is 81.8 cm³/mol. The van der Waals surface area contributed by atoms with E-state index in [1.807, 2.05) is 31.9 Å². The van der Waals surface area contributed by atoms with Crippen LogP contribution in [0.3, 0.4) is 0 Å². The van der Waals surface area contributed by atoms with Gasteiger partial charge in [0.05, 0.1) is 24.4 Å². The summed E-state index contributed by atoms with van der Waals surface area (Å²) in [5, 5.41) is 9.15. The maximum absolute atomic E-state index is 5.55. The first-order chi connectivity index (χ1) is 9.68. The van der Waals surface area contributed by atoms with E-state index in [0.29, 0.717) is 0 Å². The molecule has 5 nitrogen and oxygen atoms in total. The molecule has 1 N–H and O–H groups in total. The second-order valence-corrected chi connectivity index (χ2v) is 5.18. The molecule has 0 bridgehead atoms. The zero-order valence-electron chi connectivity index (χ0n) is 12.6. The molecule has 0 spiro atoms. The van der Waals surface area contributed by atoms with Crippen LogP contribution in [-0.2, 0) is 18.3 Å². The summed E-state index contributed by atoms with van der Waals surface area (Å²) < 4.78 is 7.48. The van der Waals surface area contributed by atoms with Crippen molar-refractivity contribution in [2.45, 2.75) is 6.54 Å². The largest absolute Gasteiger partial charge is 0.379 e. The maximum atomic E-state index is 5.55. The van der Waals surface area contributed by atoms with Crippen molar-refractivity contribution >= 4 is 10.9 Å². The fourth-order valence-corrected chi connectivity index (χ4v) is 2.12. The standard InChI is InChI=1S/C15H24N4O/c1-18(2)9-11-20-10-8-16-12-14-13-6-4-5-7-15(13)19(3)17-14/h4-7,16H,8-12H2,1-3H3. The third kappa shape index (κ3) is 4.03. The number of ether oxygens (including phenoxy) is 1. The normalized spacial score (nSPS) is 11.6. The number of rotatable bonds is 8. The van der Waals surface area contributed by atoms with Crippen LogP contribution < -0.4 is 5.32 Å². The summed E-state index contributed by atoms with van der Waals surface area (Å²) in [5.41, 5.74) is 2.27. The lowest BCUT2D eigenvalue weighted by molar-refractivity contribution is 0.119. The van der Waals surface area contributed by atoms with Gasteiger partial charge < -0.3 is 15.0 Å². The smallest absolute Gasteiger partial charge is 0.0841 e. The number of fused-ring (bicyclic) bond motifs is 1. The molecular weight excluding hydrogens is 252 g/mol. The highest BCUT2D eigenvalue weighted by molar-refractivity contribution is 5.81. The third-order valence-corrected chi connectivity index (χ3v) is 3.23. The number of hydrogen-bond donors (Lipinski definition) is 1. The van der Waals surface area contributed by atoms with Crippen molar-refractivity contribution in [3.63, 3.8) is 0 Å². The van der Waals surface area contributed by atoms with Gasteiger partial charge in [0.2, 0.25) is 0 Å². The van der Waals surface area contributed by atoms with Gasteiger partial charge in [0.1, 0.15) is 0 Å². The number of nitrogens with one attached hydrogen (secondary N) is 1. The number of aryl methyl sites for hydroxylation is 1. The summed E-state index contributed by atoms with van der Waals surface area (Å²) in [6, 6.07) is 8.31. The van der Waals surface area contributed by atoms with Gasteiger partial charge >= 0.3 is 0 Å². The number of hydrogen-bond acceptors (Lipinski definition) is 4. The Bertz CT molecular complexity index is 536. The molecule has 0 radical (unpaired) electrons. The number of likely N-dealkylation sites (N-methyl/N-ethyl adjacent to an activating group) is 1. The van der Waals surface area contributed by atoms with Crippen molar-refractivity contribution in [3.8, 4) is 0 Å². The van der Waals surface area contributed by atoms with Crippen molar-refractivity contribution in [2.24, 2.45) is 7.05 Å². The van der Waals surface area contributed by atoms with Gasteiger partial charge in [-0.1, -0.05) is 18.2 Å². The van der Waals surface area contributed by atoms with Gasteiger partial charge in [-0.05, 0) is 20.2 Å². The highest BCUT2D eigenvalue weighted by atomic mass is 16.5. The Morgan fingerprint density at radius 2 is 2.05 bits per heavy atom. The number of nitrogens with zero attached hydrogens (tertiary/aromatic N) is 3. The summed E-state index contributed by atoms with van der Waals surface area (Å²) in [6.45, 7) is 4.10. The van der Waals surface area contributed by atoms with Gasteiger partial charge in [-0.2, -0.15) is 5.10 Å². The van der Waals surface area contributed by atoms with Crippen LogP contribution in [0.4, 0.5) is 0 Å². The summed E-state index contributed by atoms with van der Waals surface area (Å²) >= 11 is 0. The van der Waals surface area contributed by atoms with Crippen LogP contribution in [0.25, 0.3) is 10.9 Å². The zero-order chi connectivity index (χ0) is 14.4. The average molecular weight is 276 g/mol. The molecule has 0 saturated heterocycles. The minimum absolute atomic E-state index is 0.735. The Labute approximate surface area is 120 Å². The van der Waals surface area contributed by atoms with Crippen molar-refractivity contribution in [1.29, 1.82) is 0 Å². The third-order valence-electron chi connectivity index (χ3n) is 3.23. The molecule has 0 atom stereocenters. The van der Waals surface area contributed by atoms with Gasteiger partial charge in [-0.25, -0.2) is 0 Å². The minimum Gasteiger partial charge on any atom is -0.379 e. The molecule has 0 amide bonds. The topological polar surface area (TPSA) is 42.3 Å². The molecule has 5 heteroatoms. The van der Waals surface area contributed by atoms with Crippen LogP contribution in [0.1, 0.15) is 5.69 Å². The van der Waals surface area contributed by atoms with E-state index < -0.39 is 0 Å². The zero-order valence-corrected chi connectivity index (χ0v) is 12.6. The van der Waals surface area contributed by atoms with Gasteiger partial charge in [0.15, 0.2) is 0 Å². The lowest BCUT2D eigenvalue weighted by atomic mass is 10.2. The summed E-state index contributed by atoms with van der Waals surface area (Å²) in [7, 11) is 6.08. The summed E-state index contributed by atoms with van der Waals surface area (Å²) in [4.78, 5) is 2.12. The van der Waals surface area contributed by atoms with Crippen LogP contribution in [-0.4, -0.2) is 55.1 Å². The number of para-hydroxylation sites is 1. The van der Waals surface area contributed by atoms with E-state index in [1.54, 1.807) is 0 Å². The first-order valence-corrected chi connectivity index (χ1v) is 7.02. The van der Waals surface area contributed by atoms with Crippen molar-refractivity contribution < 1.29 is 4.74 Å². The van der Waals surface area contributed by atoms with Crippen LogP contribution in [0, 0.1) is 0 Å². The molecule has 0 aliphatic heterocycles. The van der Waals surface area contributed by atoms with E-state index in [1.165, 1.54) is 10.9 Å². The Morgan fingerprint density at radius 3 is 2.85 bits per heavy atom. The van der Waals surface area contributed by atoms with Gasteiger partial charge in [0, 0.05) is 32.1 Å². The van der Waals surface area contributed by atoms with E-state index in [9.17, 15) is 0 Å².